The highest BCUT2D eigenvalue weighted by Gasteiger charge is 2.21. The van der Waals surface area contributed by atoms with Crippen molar-refractivity contribution >= 4 is 45.3 Å². The Hall–Kier alpha value is -1.67. The van der Waals surface area contributed by atoms with Crippen LogP contribution in [0, 0.1) is 20.8 Å². The van der Waals surface area contributed by atoms with Gasteiger partial charge in [-0.2, -0.15) is 0 Å². The minimum absolute atomic E-state index is 0.349. The first-order valence-electron chi connectivity index (χ1n) is 6.77. The molecule has 3 amide bonds. The first-order valence-corrected chi connectivity index (χ1v) is 8.46. The number of carbonyl (C=O) groups excluding carboxylic acids is 2. The number of amides is 3. The Morgan fingerprint density at radius 1 is 1.23 bits per heavy atom. The summed E-state index contributed by atoms with van der Waals surface area (Å²) in [6.07, 6.45) is 0. The van der Waals surface area contributed by atoms with Crippen molar-refractivity contribution in [2.75, 3.05) is 7.05 Å². The van der Waals surface area contributed by atoms with E-state index in [1.807, 2.05) is 20.8 Å². The van der Waals surface area contributed by atoms with Crippen LogP contribution in [0.25, 0.3) is 10.2 Å². The van der Waals surface area contributed by atoms with Gasteiger partial charge in [0.1, 0.15) is 15.7 Å². The number of thiophene rings is 1. The largest absolute Gasteiger partial charge is 0.341 e. The zero-order valence-electron chi connectivity index (χ0n) is 13.1. The van der Waals surface area contributed by atoms with Crippen molar-refractivity contribution in [2.24, 2.45) is 0 Å². The van der Waals surface area contributed by atoms with Crippen LogP contribution < -0.4 is 10.6 Å². The second kappa shape index (κ2) is 6.62. The van der Waals surface area contributed by atoms with E-state index in [0.29, 0.717) is 5.82 Å². The van der Waals surface area contributed by atoms with E-state index in [9.17, 15) is 9.59 Å². The first-order chi connectivity index (χ1) is 10.3. The third-order valence-electron chi connectivity index (χ3n) is 3.23. The Balaban J connectivity index is 2.31. The number of nitrogens with zero attached hydrogens (tertiary/aromatic N) is 2. The highest BCUT2D eigenvalue weighted by molar-refractivity contribution is 8.00. The van der Waals surface area contributed by atoms with Crippen LogP contribution in [0.5, 0.6) is 0 Å². The SMILES string of the molecule is CNC(=O)NC(=O)[C@@H](C)Sc1nc(C)nc2sc(C)c(C)c12. The third-order valence-corrected chi connectivity index (χ3v) is 5.42. The number of fused-ring (bicyclic) bond motifs is 1. The summed E-state index contributed by atoms with van der Waals surface area (Å²) >= 11 is 2.97. The Morgan fingerprint density at radius 3 is 2.55 bits per heavy atom. The lowest BCUT2D eigenvalue weighted by atomic mass is 10.2. The second-order valence-electron chi connectivity index (χ2n) is 4.87. The molecule has 0 saturated carbocycles. The molecule has 6 nitrogen and oxygen atoms in total. The number of rotatable bonds is 3. The van der Waals surface area contributed by atoms with Crippen molar-refractivity contribution in [1.82, 2.24) is 20.6 Å². The van der Waals surface area contributed by atoms with Crippen molar-refractivity contribution in [3.8, 4) is 0 Å². The second-order valence-corrected chi connectivity index (χ2v) is 7.40. The molecule has 0 aliphatic carbocycles. The zero-order chi connectivity index (χ0) is 16.4. The van der Waals surface area contributed by atoms with Crippen LogP contribution in [-0.4, -0.2) is 34.2 Å². The number of aryl methyl sites for hydroxylation is 3. The summed E-state index contributed by atoms with van der Waals surface area (Å²) in [5.74, 6) is 0.327. The molecular weight excluding hydrogens is 320 g/mol. The molecule has 0 aliphatic rings. The van der Waals surface area contributed by atoms with Gasteiger partial charge in [0.05, 0.1) is 5.25 Å². The maximum Gasteiger partial charge on any atom is 0.321 e. The van der Waals surface area contributed by atoms with E-state index in [1.54, 1.807) is 18.3 Å². The molecule has 0 fully saturated rings. The summed E-state index contributed by atoms with van der Waals surface area (Å²) in [5, 5.41) is 5.99. The van der Waals surface area contributed by atoms with E-state index in [0.717, 1.165) is 20.8 Å². The van der Waals surface area contributed by atoms with Gasteiger partial charge in [-0.15, -0.1) is 11.3 Å². The fourth-order valence-corrected chi connectivity index (χ4v) is 4.09. The predicted octanol–water partition coefficient (Wildman–Crippen LogP) is 2.55. The van der Waals surface area contributed by atoms with Crippen LogP contribution in [0.1, 0.15) is 23.2 Å². The van der Waals surface area contributed by atoms with Gasteiger partial charge >= 0.3 is 6.03 Å². The maximum absolute atomic E-state index is 12.0. The molecule has 8 heteroatoms. The van der Waals surface area contributed by atoms with Gasteiger partial charge in [0.25, 0.3) is 0 Å². The smallest absolute Gasteiger partial charge is 0.321 e. The lowest BCUT2D eigenvalue weighted by molar-refractivity contribution is -0.119. The molecule has 2 N–H and O–H groups in total. The summed E-state index contributed by atoms with van der Waals surface area (Å²) in [7, 11) is 1.47. The number of aromatic nitrogens is 2. The van der Waals surface area contributed by atoms with Gasteiger partial charge < -0.3 is 5.32 Å². The molecular formula is C14H18N4O2S2. The molecule has 0 aromatic carbocycles. The molecule has 0 unspecified atom stereocenters. The Morgan fingerprint density at radius 2 is 1.91 bits per heavy atom. The average molecular weight is 338 g/mol. The fraction of sp³-hybridized carbons (Fsp3) is 0.429. The number of imide groups is 1. The molecule has 118 valence electrons. The zero-order valence-corrected chi connectivity index (χ0v) is 14.7. The lowest BCUT2D eigenvalue weighted by Crippen LogP contribution is -2.41. The first kappa shape index (κ1) is 16.7. The van der Waals surface area contributed by atoms with Gasteiger partial charge in [-0.05, 0) is 33.3 Å². The van der Waals surface area contributed by atoms with E-state index in [4.69, 9.17) is 0 Å². The molecule has 0 radical (unpaired) electrons. The fourth-order valence-electron chi connectivity index (χ4n) is 1.90. The molecule has 1 atom stereocenters. The quantitative estimate of drug-likeness (QED) is 0.664. The highest BCUT2D eigenvalue weighted by Crippen LogP contribution is 2.36. The van der Waals surface area contributed by atoms with Crippen molar-refractivity contribution in [3.63, 3.8) is 0 Å². The van der Waals surface area contributed by atoms with Crippen LogP contribution in [0.15, 0.2) is 5.03 Å². The molecule has 0 aliphatic heterocycles. The van der Waals surface area contributed by atoms with E-state index in [1.165, 1.54) is 23.7 Å². The van der Waals surface area contributed by atoms with Gasteiger partial charge in [-0.1, -0.05) is 11.8 Å². The van der Waals surface area contributed by atoms with E-state index in [2.05, 4.69) is 20.6 Å². The standard InChI is InChI=1S/C14H18N4O2S2/c1-6-7(2)21-12-10(6)13(17-9(4)16-12)22-8(3)11(19)18-14(20)15-5/h8H,1-5H3,(H2,15,18,19,20)/t8-/m1/s1. The summed E-state index contributed by atoms with van der Waals surface area (Å²) < 4.78 is 0. The normalized spacial score (nSPS) is 12.2. The molecule has 2 aromatic rings. The van der Waals surface area contributed by atoms with Gasteiger partial charge in [-0.3, -0.25) is 10.1 Å². The Labute approximate surface area is 137 Å². The number of urea groups is 1. The van der Waals surface area contributed by atoms with Gasteiger partial charge in [0, 0.05) is 17.3 Å². The Kier molecular flexibility index (Phi) is 5.02. The summed E-state index contributed by atoms with van der Waals surface area (Å²) in [5.41, 5.74) is 1.14. The number of nitrogens with one attached hydrogen (secondary N) is 2. The minimum Gasteiger partial charge on any atom is -0.341 e. The highest BCUT2D eigenvalue weighted by atomic mass is 32.2. The van der Waals surface area contributed by atoms with Crippen molar-refractivity contribution in [1.29, 1.82) is 0 Å². The topological polar surface area (TPSA) is 84.0 Å². The van der Waals surface area contributed by atoms with Gasteiger partial charge in [-0.25, -0.2) is 14.8 Å². The van der Waals surface area contributed by atoms with Gasteiger partial charge in [0.15, 0.2) is 0 Å². The average Bonchev–Trinajstić information content (AvgIpc) is 2.73. The monoisotopic (exact) mass is 338 g/mol. The molecule has 0 bridgehead atoms. The van der Waals surface area contributed by atoms with Crippen LogP contribution in [0.2, 0.25) is 0 Å². The molecule has 2 aromatic heterocycles. The molecule has 0 saturated heterocycles. The number of thioether (sulfide) groups is 1. The van der Waals surface area contributed by atoms with Crippen LogP contribution in [0.4, 0.5) is 4.79 Å². The van der Waals surface area contributed by atoms with E-state index >= 15 is 0 Å². The summed E-state index contributed by atoms with van der Waals surface area (Å²) in [6, 6.07) is -0.510. The van der Waals surface area contributed by atoms with Crippen LogP contribution in [-0.2, 0) is 4.79 Å². The van der Waals surface area contributed by atoms with Crippen molar-refractivity contribution < 1.29 is 9.59 Å². The van der Waals surface area contributed by atoms with Crippen molar-refractivity contribution in [3.05, 3.63) is 16.3 Å². The third kappa shape index (κ3) is 3.38. The minimum atomic E-state index is -0.510. The van der Waals surface area contributed by atoms with Crippen LogP contribution in [0.3, 0.4) is 0 Å². The summed E-state index contributed by atoms with van der Waals surface area (Å²) in [4.78, 5) is 34.3. The number of hydrogen-bond donors (Lipinski definition) is 2. The number of carbonyl (C=O) groups is 2. The molecule has 22 heavy (non-hydrogen) atoms. The molecule has 2 heterocycles. The van der Waals surface area contributed by atoms with Crippen LogP contribution >= 0.6 is 23.1 Å². The van der Waals surface area contributed by atoms with Crippen molar-refractivity contribution in [2.45, 2.75) is 38.0 Å². The number of hydrogen-bond acceptors (Lipinski definition) is 6. The molecule has 2 rings (SSSR count). The van der Waals surface area contributed by atoms with E-state index in [-0.39, 0.29) is 5.91 Å². The maximum atomic E-state index is 12.0. The predicted molar refractivity (Wildman–Crippen MR) is 89.5 cm³/mol. The Bertz CT molecular complexity index is 742. The molecule has 0 spiro atoms. The van der Waals surface area contributed by atoms with Gasteiger partial charge in [0.2, 0.25) is 5.91 Å². The summed E-state index contributed by atoms with van der Waals surface area (Å²) in [6.45, 7) is 7.67. The van der Waals surface area contributed by atoms with E-state index < -0.39 is 11.3 Å². The lowest BCUT2D eigenvalue weighted by Gasteiger charge is -2.11.